The predicted molar refractivity (Wildman–Crippen MR) is 66.0 cm³/mol. The number of hydrogen-bond acceptors (Lipinski definition) is 2. The molecular formula is C10H6BrFN2OS. The minimum absolute atomic E-state index is 0.275. The Balaban J connectivity index is 2.32. The molecule has 1 fully saturated rings. The van der Waals surface area contributed by atoms with Crippen LogP contribution in [0.25, 0.3) is 6.08 Å². The molecule has 1 aliphatic rings. The molecule has 0 unspecified atom stereocenters. The van der Waals surface area contributed by atoms with E-state index < -0.39 is 0 Å². The first-order valence-electron chi connectivity index (χ1n) is 4.35. The van der Waals surface area contributed by atoms with E-state index in [-0.39, 0.29) is 16.8 Å². The minimum atomic E-state index is -0.346. The molecule has 82 valence electrons. The third kappa shape index (κ3) is 2.28. The van der Waals surface area contributed by atoms with Gasteiger partial charge in [-0.2, -0.15) is 0 Å². The molecule has 0 spiro atoms. The summed E-state index contributed by atoms with van der Waals surface area (Å²) in [6.45, 7) is 0. The monoisotopic (exact) mass is 300 g/mol. The van der Waals surface area contributed by atoms with Crippen molar-refractivity contribution in [1.29, 1.82) is 0 Å². The van der Waals surface area contributed by atoms with Gasteiger partial charge in [0.15, 0.2) is 5.11 Å². The number of carbonyl (C=O) groups excluding carboxylic acids is 1. The van der Waals surface area contributed by atoms with Crippen molar-refractivity contribution in [3.8, 4) is 0 Å². The normalized spacial score (nSPS) is 17.5. The van der Waals surface area contributed by atoms with Crippen molar-refractivity contribution in [3.63, 3.8) is 0 Å². The SMILES string of the molecule is O=C1NC(=S)N/C1=C/c1ccc(F)c(Br)c1. The van der Waals surface area contributed by atoms with Gasteiger partial charge in [0.1, 0.15) is 11.5 Å². The van der Waals surface area contributed by atoms with Crippen LogP contribution in [0.1, 0.15) is 5.56 Å². The van der Waals surface area contributed by atoms with Crippen LogP contribution in [0.2, 0.25) is 0 Å². The van der Waals surface area contributed by atoms with E-state index in [0.29, 0.717) is 15.7 Å². The molecule has 0 bridgehead atoms. The lowest BCUT2D eigenvalue weighted by Gasteiger charge is -1.98. The molecule has 2 N–H and O–H groups in total. The summed E-state index contributed by atoms with van der Waals surface area (Å²) in [5.41, 5.74) is 1.05. The molecule has 1 aromatic carbocycles. The van der Waals surface area contributed by atoms with Gasteiger partial charge in [-0.05, 0) is 51.9 Å². The van der Waals surface area contributed by atoms with Gasteiger partial charge in [0, 0.05) is 0 Å². The van der Waals surface area contributed by atoms with Gasteiger partial charge in [0.2, 0.25) is 0 Å². The minimum Gasteiger partial charge on any atom is -0.328 e. The predicted octanol–water partition coefficient (Wildman–Crippen LogP) is 1.93. The zero-order valence-corrected chi connectivity index (χ0v) is 10.3. The molecule has 3 nitrogen and oxygen atoms in total. The first kappa shape index (κ1) is 11.2. The second-order valence-electron chi connectivity index (χ2n) is 3.14. The second kappa shape index (κ2) is 4.31. The highest BCUT2D eigenvalue weighted by atomic mass is 79.9. The Morgan fingerprint density at radius 3 is 2.69 bits per heavy atom. The standard InChI is InChI=1S/C10H6BrFN2OS/c11-6-3-5(1-2-7(6)12)4-8-9(15)14-10(16)13-8/h1-4H,(H2,13,14,15,16)/b8-4+. The number of nitrogens with one attached hydrogen (secondary N) is 2. The molecule has 16 heavy (non-hydrogen) atoms. The Kier molecular flexibility index (Phi) is 3.02. The molecule has 0 atom stereocenters. The molecule has 0 aliphatic carbocycles. The fraction of sp³-hybridized carbons (Fsp3) is 0. The second-order valence-corrected chi connectivity index (χ2v) is 4.40. The van der Waals surface area contributed by atoms with Crippen molar-refractivity contribution in [3.05, 3.63) is 39.7 Å². The van der Waals surface area contributed by atoms with Crippen LogP contribution in [-0.2, 0) is 4.79 Å². The highest BCUT2D eigenvalue weighted by Gasteiger charge is 2.19. The van der Waals surface area contributed by atoms with Gasteiger partial charge in [-0.25, -0.2) is 4.39 Å². The summed E-state index contributed by atoms with van der Waals surface area (Å²) in [6.07, 6.45) is 1.60. The van der Waals surface area contributed by atoms with Crippen molar-refractivity contribution in [1.82, 2.24) is 10.6 Å². The number of carbonyl (C=O) groups is 1. The van der Waals surface area contributed by atoms with E-state index in [2.05, 4.69) is 26.6 Å². The quantitative estimate of drug-likeness (QED) is 0.615. The van der Waals surface area contributed by atoms with Gasteiger partial charge in [-0.15, -0.1) is 0 Å². The lowest BCUT2D eigenvalue weighted by molar-refractivity contribution is -0.115. The van der Waals surface area contributed by atoms with E-state index in [4.69, 9.17) is 12.2 Å². The molecule has 0 saturated carbocycles. The number of halogens is 2. The fourth-order valence-electron chi connectivity index (χ4n) is 1.25. The number of thiocarbonyl (C=S) groups is 1. The topological polar surface area (TPSA) is 41.1 Å². The maximum absolute atomic E-state index is 13.0. The Morgan fingerprint density at radius 1 is 1.38 bits per heavy atom. The van der Waals surface area contributed by atoms with Crippen LogP contribution in [0.15, 0.2) is 28.4 Å². The Hall–Kier alpha value is -1.27. The first-order valence-corrected chi connectivity index (χ1v) is 5.55. The van der Waals surface area contributed by atoms with Crippen molar-refractivity contribution < 1.29 is 9.18 Å². The lowest BCUT2D eigenvalue weighted by Crippen LogP contribution is -2.21. The maximum Gasteiger partial charge on any atom is 0.273 e. The maximum atomic E-state index is 13.0. The van der Waals surface area contributed by atoms with E-state index in [1.54, 1.807) is 18.2 Å². The summed E-state index contributed by atoms with van der Waals surface area (Å²) in [5, 5.41) is 5.42. The molecule has 2 rings (SSSR count). The number of benzene rings is 1. The van der Waals surface area contributed by atoms with Gasteiger partial charge >= 0.3 is 0 Å². The fourth-order valence-corrected chi connectivity index (χ4v) is 1.85. The molecule has 0 radical (unpaired) electrons. The van der Waals surface area contributed by atoms with Crippen molar-refractivity contribution in [2.75, 3.05) is 0 Å². The van der Waals surface area contributed by atoms with Crippen LogP contribution in [0.4, 0.5) is 4.39 Å². The van der Waals surface area contributed by atoms with E-state index in [0.717, 1.165) is 0 Å². The van der Waals surface area contributed by atoms with Crippen LogP contribution in [0.3, 0.4) is 0 Å². The van der Waals surface area contributed by atoms with Crippen LogP contribution in [-0.4, -0.2) is 11.0 Å². The Morgan fingerprint density at radius 2 is 2.12 bits per heavy atom. The van der Waals surface area contributed by atoms with Crippen LogP contribution >= 0.6 is 28.1 Å². The van der Waals surface area contributed by atoms with Gasteiger partial charge in [0.25, 0.3) is 5.91 Å². The molecule has 1 aliphatic heterocycles. The summed E-state index contributed by atoms with van der Waals surface area (Å²) in [6, 6.07) is 4.48. The van der Waals surface area contributed by atoms with Crippen LogP contribution in [0, 0.1) is 5.82 Å². The summed E-state index contributed by atoms with van der Waals surface area (Å²) in [5.74, 6) is -0.632. The summed E-state index contributed by atoms with van der Waals surface area (Å²) < 4.78 is 13.3. The summed E-state index contributed by atoms with van der Waals surface area (Å²) in [7, 11) is 0. The molecule has 1 aromatic rings. The van der Waals surface area contributed by atoms with Crippen LogP contribution in [0.5, 0.6) is 0 Å². The number of rotatable bonds is 1. The average Bonchev–Trinajstić information content (AvgIpc) is 2.51. The van der Waals surface area contributed by atoms with Crippen LogP contribution < -0.4 is 10.6 Å². The van der Waals surface area contributed by atoms with Gasteiger partial charge in [-0.3, -0.25) is 10.1 Å². The third-order valence-corrected chi connectivity index (χ3v) is 2.79. The van der Waals surface area contributed by atoms with Gasteiger partial charge < -0.3 is 5.32 Å². The molecule has 1 amide bonds. The summed E-state index contributed by atoms with van der Waals surface area (Å²) in [4.78, 5) is 11.3. The zero-order chi connectivity index (χ0) is 11.7. The van der Waals surface area contributed by atoms with Crippen molar-refractivity contribution >= 4 is 45.2 Å². The molecular weight excluding hydrogens is 295 g/mol. The first-order chi connectivity index (χ1) is 7.56. The van der Waals surface area contributed by atoms with E-state index in [9.17, 15) is 9.18 Å². The largest absolute Gasteiger partial charge is 0.328 e. The van der Waals surface area contributed by atoms with Gasteiger partial charge in [-0.1, -0.05) is 6.07 Å². The highest BCUT2D eigenvalue weighted by Crippen LogP contribution is 2.18. The zero-order valence-electron chi connectivity index (χ0n) is 7.88. The van der Waals surface area contributed by atoms with E-state index in [1.807, 2.05) is 0 Å². The lowest BCUT2D eigenvalue weighted by atomic mass is 10.2. The number of hydrogen-bond donors (Lipinski definition) is 2. The Labute approximate surface area is 105 Å². The molecule has 1 saturated heterocycles. The van der Waals surface area contributed by atoms with E-state index in [1.165, 1.54) is 6.07 Å². The van der Waals surface area contributed by atoms with Gasteiger partial charge in [0.05, 0.1) is 4.47 Å². The van der Waals surface area contributed by atoms with Crippen molar-refractivity contribution in [2.24, 2.45) is 0 Å². The third-order valence-electron chi connectivity index (χ3n) is 1.97. The molecule has 6 heteroatoms. The highest BCUT2D eigenvalue weighted by molar-refractivity contribution is 9.10. The summed E-state index contributed by atoms with van der Waals surface area (Å²) >= 11 is 7.85. The van der Waals surface area contributed by atoms with E-state index >= 15 is 0 Å². The number of amides is 1. The smallest absolute Gasteiger partial charge is 0.273 e. The Bertz CT molecular complexity index is 516. The molecule has 1 heterocycles. The van der Waals surface area contributed by atoms with Crippen molar-refractivity contribution in [2.45, 2.75) is 0 Å². The average molecular weight is 301 g/mol. The molecule has 0 aromatic heterocycles.